The quantitative estimate of drug-likeness (QED) is 0.866. The molecule has 0 unspecified atom stereocenters. The summed E-state index contributed by atoms with van der Waals surface area (Å²) in [5.41, 5.74) is 1.93. The SMILES string of the molecule is Cc1cccc(C(=O)N2CCC(Cc3nncn3C(C)C)CC2)c1. The lowest BCUT2D eigenvalue weighted by Crippen LogP contribution is -2.39. The first-order chi connectivity index (χ1) is 11.5. The maximum atomic E-state index is 12.6. The number of piperidine rings is 1. The van der Waals surface area contributed by atoms with Crippen LogP contribution in [0, 0.1) is 12.8 Å². The Morgan fingerprint density at radius 1 is 1.29 bits per heavy atom. The summed E-state index contributed by atoms with van der Waals surface area (Å²) in [7, 11) is 0. The van der Waals surface area contributed by atoms with Gasteiger partial charge in [0.2, 0.25) is 0 Å². The molecule has 1 aliphatic rings. The molecular formula is C19H26N4O. The summed E-state index contributed by atoms with van der Waals surface area (Å²) in [6.07, 6.45) is 4.83. The van der Waals surface area contributed by atoms with Gasteiger partial charge in [-0.25, -0.2) is 0 Å². The van der Waals surface area contributed by atoms with Gasteiger partial charge in [0.15, 0.2) is 0 Å². The van der Waals surface area contributed by atoms with Crippen LogP contribution in [0.15, 0.2) is 30.6 Å². The second kappa shape index (κ2) is 7.16. The number of aromatic nitrogens is 3. The van der Waals surface area contributed by atoms with E-state index >= 15 is 0 Å². The third kappa shape index (κ3) is 3.66. The highest BCUT2D eigenvalue weighted by molar-refractivity contribution is 5.94. The van der Waals surface area contributed by atoms with Gasteiger partial charge in [-0.05, 0) is 51.7 Å². The number of carbonyl (C=O) groups is 1. The number of aryl methyl sites for hydroxylation is 1. The molecule has 24 heavy (non-hydrogen) atoms. The molecule has 1 amide bonds. The van der Waals surface area contributed by atoms with Gasteiger partial charge in [0.05, 0.1) is 0 Å². The second-order valence-electron chi connectivity index (χ2n) is 7.06. The van der Waals surface area contributed by atoms with Crippen LogP contribution in [0.4, 0.5) is 0 Å². The van der Waals surface area contributed by atoms with Gasteiger partial charge in [-0.3, -0.25) is 4.79 Å². The van der Waals surface area contributed by atoms with Gasteiger partial charge in [-0.15, -0.1) is 10.2 Å². The van der Waals surface area contributed by atoms with Gasteiger partial charge in [0.1, 0.15) is 12.2 Å². The van der Waals surface area contributed by atoms with E-state index in [0.29, 0.717) is 12.0 Å². The number of amides is 1. The summed E-state index contributed by atoms with van der Waals surface area (Å²) in [6.45, 7) is 7.97. The molecule has 0 atom stereocenters. The fourth-order valence-electron chi connectivity index (χ4n) is 3.40. The van der Waals surface area contributed by atoms with Crippen LogP contribution in [0.2, 0.25) is 0 Å². The van der Waals surface area contributed by atoms with E-state index in [1.54, 1.807) is 0 Å². The Morgan fingerprint density at radius 3 is 2.71 bits per heavy atom. The van der Waals surface area contributed by atoms with Crippen molar-refractivity contribution in [2.24, 2.45) is 5.92 Å². The Bertz CT molecular complexity index is 699. The van der Waals surface area contributed by atoms with Crippen LogP contribution in [0.5, 0.6) is 0 Å². The molecule has 128 valence electrons. The molecular weight excluding hydrogens is 300 g/mol. The number of carbonyl (C=O) groups excluding carboxylic acids is 1. The van der Waals surface area contributed by atoms with Gasteiger partial charge in [-0.2, -0.15) is 0 Å². The maximum absolute atomic E-state index is 12.6. The van der Waals surface area contributed by atoms with Gasteiger partial charge < -0.3 is 9.47 Å². The summed E-state index contributed by atoms with van der Waals surface area (Å²) < 4.78 is 2.14. The van der Waals surface area contributed by atoms with Crippen LogP contribution >= 0.6 is 0 Å². The van der Waals surface area contributed by atoms with Gasteiger partial charge in [-0.1, -0.05) is 17.7 Å². The average molecular weight is 326 g/mol. The molecule has 5 nitrogen and oxygen atoms in total. The summed E-state index contributed by atoms with van der Waals surface area (Å²) in [4.78, 5) is 14.6. The van der Waals surface area contributed by atoms with Crippen LogP contribution in [0.3, 0.4) is 0 Å². The fourth-order valence-corrected chi connectivity index (χ4v) is 3.40. The highest BCUT2D eigenvalue weighted by Gasteiger charge is 2.25. The van der Waals surface area contributed by atoms with Gasteiger partial charge >= 0.3 is 0 Å². The highest BCUT2D eigenvalue weighted by Crippen LogP contribution is 2.23. The minimum absolute atomic E-state index is 0.155. The van der Waals surface area contributed by atoms with Crippen molar-refractivity contribution in [3.8, 4) is 0 Å². The normalized spacial score (nSPS) is 15.9. The molecule has 1 aromatic carbocycles. The number of rotatable bonds is 4. The lowest BCUT2D eigenvalue weighted by atomic mass is 9.92. The number of hydrogen-bond donors (Lipinski definition) is 0. The average Bonchev–Trinajstić information content (AvgIpc) is 3.03. The van der Waals surface area contributed by atoms with Crippen molar-refractivity contribution in [2.75, 3.05) is 13.1 Å². The highest BCUT2D eigenvalue weighted by atomic mass is 16.2. The minimum atomic E-state index is 0.155. The molecule has 1 aromatic heterocycles. The molecule has 0 aliphatic carbocycles. The fraction of sp³-hybridized carbons (Fsp3) is 0.526. The van der Waals surface area contributed by atoms with Crippen LogP contribution in [-0.4, -0.2) is 38.7 Å². The number of likely N-dealkylation sites (tertiary alicyclic amines) is 1. The number of hydrogen-bond acceptors (Lipinski definition) is 3. The molecule has 3 rings (SSSR count). The predicted octanol–water partition coefficient (Wildman–Crippen LogP) is 3.26. The molecule has 0 bridgehead atoms. The van der Waals surface area contributed by atoms with Crippen molar-refractivity contribution < 1.29 is 4.79 Å². The van der Waals surface area contributed by atoms with E-state index in [9.17, 15) is 4.79 Å². The molecule has 2 heterocycles. The Labute approximate surface area is 143 Å². The molecule has 1 aliphatic heterocycles. The van der Waals surface area contributed by atoms with Crippen LogP contribution in [0.1, 0.15) is 54.5 Å². The lowest BCUT2D eigenvalue weighted by Gasteiger charge is -2.32. The van der Waals surface area contributed by atoms with Crippen molar-refractivity contribution in [1.82, 2.24) is 19.7 Å². The van der Waals surface area contributed by atoms with E-state index in [4.69, 9.17) is 0 Å². The third-order valence-corrected chi connectivity index (χ3v) is 4.84. The number of nitrogens with zero attached hydrogens (tertiary/aromatic N) is 4. The Morgan fingerprint density at radius 2 is 2.04 bits per heavy atom. The minimum Gasteiger partial charge on any atom is -0.339 e. The molecule has 1 fully saturated rings. The Hall–Kier alpha value is -2.17. The first-order valence-corrected chi connectivity index (χ1v) is 8.79. The van der Waals surface area contributed by atoms with Crippen molar-refractivity contribution in [2.45, 2.75) is 46.1 Å². The molecule has 0 spiro atoms. The first kappa shape index (κ1) is 16.7. The summed E-state index contributed by atoms with van der Waals surface area (Å²) in [5, 5.41) is 8.32. The van der Waals surface area contributed by atoms with E-state index in [2.05, 4.69) is 28.6 Å². The smallest absolute Gasteiger partial charge is 0.253 e. The topological polar surface area (TPSA) is 51.0 Å². The summed E-state index contributed by atoms with van der Waals surface area (Å²) >= 11 is 0. The van der Waals surface area contributed by atoms with E-state index in [1.807, 2.05) is 42.4 Å². The second-order valence-corrected chi connectivity index (χ2v) is 7.06. The van der Waals surface area contributed by atoms with Crippen LogP contribution < -0.4 is 0 Å². The predicted molar refractivity (Wildman–Crippen MR) is 93.9 cm³/mol. The monoisotopic (exact) mass is 326 g/mol. The van der Waals surface area contributed by atoms with E-state index in [0.717, 1.165) is 49.3 Å². The van der Waals surface area contributed by atoms with E-state index in [1.165, 1.54) is 0 Å². The van der Waals surface area contributed by atoms with Crippen molar-refractivity contribution in [1.29, 1.82) is 0 Å². The molecule has 5 heteroatoms. The zero-order chi connectivity index (χ0) is 17.1. The van der Waals surface area contributed by atoms with Gasteiger partial charge in [0, 0.05) is 31.1 Å². The van der Waals surface area contributed by atoms with Crippen molar-refractivity contribution in [3.63, 3.8) is 0 Å². The Balaban J connectivity index is 1.58. The van der Waals surface area contributed by atoms with E-state index < -0.39 is 0 Å². The largest absolute Gasteiger partial charge is 0.339 e. The van der Waals surface area contributed by atoms with E-state index in [-0.39, 0.29) is 5.91 Å². The molecule has 0 saturated carbocycles. The standard InChI is InChI=1S/C19H26N4O/c1-14(2)23-13-20-21-18(23)12-16-7-9-22(10-8-16)19(24)17-6-4-5-15(3)11-17/h4-6,11,13-14,16H,7-10,12H2,1-3H3. The maximum Gasteiger partial charge on any atom is 0.253 e. The van der Waals surface area contributed by atoms with Gasteiger partial charge in [0.25, 0.3) is 5.91 Å². The molecule has 0 radical (unpaired) electrons. The molecule has 0 N–H and O–H groups in total. The molecule has 2 aromatic rings. The number of benzene rings is 1. The van der Waals surface area contributed by atoms with Crippen LogP contribution in [-0.2, 0) is 6.42 Å². The molecule has 1 saturated heterocycles. The zero-order valence-electron chi connectivity index (χ0n) is 14.8. The first-order valence-electron chi connectivity index (χ1n) is 8.79. The summed E-state index contributed by atoms with van der Waals surface area (Å²) in [5.74, 6) is 1.80. The third-order valence-electron chi connectivity index (χ3n) is 4.84. The lowest BCUT2D eigenvalue weighted by molar-refractivity contribution is 0.0689. The van der Waals surface area contributed by atoms with Crippen molar-refractivity contribution >= 4 is 5.91 Å². The Kier molecular flexibility index (Phi) is 4.97. The van der Waals surface area contributed by atoms with Crippen molar-refractivity contribution in [3.05, 3.63) is 47.5 Å². The zero-order valence-corrected chi connectivity index (χ0v) is 14.8. The van der Waals surface area contributed by atoms with Crippen LogP contribution in [0.25, 0.3) is 0 Å². The summed E-state index contributed by atoms with van der Waals surface area (Å²) in [6, 6.07) is 8.24.